The van der Waals surface area contributed by atoms with Crippen molar-refractivity contribution in [1.82, 2.24) is 10.0 Å². The van der Waals surface area contributed by atoms with Gasteiger partial charge in [-0.25, -0.2) is 8.42 Å². The number of amidine groups is 1. The zero-order valence-corrected chi connectivity index (χ0v) is 17.0. The van der Waals surface area contributed by atoms with Crippen LogP contribution in [0.2, 0.25) is 0 Å². The van der Waals surface area contributed by atoms with Gasteiger partial charge in [0.15, 0.2) is 0 Å². The van der Waals surface area contributed by atoms with Crippen molar-refractivity contribution in [2.45, 2.75) is 31.0 Å². The topological polar surface area (TPSA) is 92.1 Å². The van der Waals surface area contributed by atoms with E-state index in [-0.39, 0.29) is 16.6 Å². The SMILES string of the molecule is C[C@H](N=C1NS(=O)(=O)c2ccccc21)C(=O)NCc1ccccc1C[NH+](C)C. The third kappa shape index (κ3) is 4.40. The average molecular weight is 402 g/mol. The fourth-order valence-corrected chi connectivity index (χ4v) is 4.33. The van der Waals surface area contributed by atoms with Crippen LogP contribution in [0.5, 0.6) is 0 Å². The second-order valence-corrected chi connectivity index (χ2v) is 8.78. The Morgan fingerprint density at radius 3 is 2.46 bits per heavy atom. The maximum atomic E-state index is 12.5. The van der Waals surface area contributed by atoms with Crippen molar-refractivity contribution in [2.75, 3.05) is 14.1 Å². The molecule has 3 N–H and O–H groups in total. The number of rotatable bonds is 6. The molecule has 1 heterocycles. The maximum absolute atomic E-state index is 12.5. The number of carbonyl (C=O) groups is 1. The van der Waals surface area contributed by atoms with Crippen molar-refractivity contribution < 1.29 is 18.1 Å². The Hall–Kier alpha value is -2.71. The summed E-state index contributed by atoms with van der Waals surface area (Å²) in [7, 11) is 0.541. The van der Waals surface area contributed by atoms with E-state index in [0.29, 0.717) is 12.1 Å². The number of amides is 1. The lowest BCUT2D eigenvalue weighted by Gasteiger charge is -2.14. The molecular weight excluding hydrogens is 376 g/mol. The van der Waals surface area contributed by atoms with E-state index in [9.17, 15) is 13.2 Å². The van der Waals surface area contributed by atoms with Gasteiger partial charge in [-0.05, 0) is 24.6 Å². The molecule has 0 saturated heterocycles. The van der Waals surface area contributed by atoms with Gasteiger partial charge in [0, 0.05) is 17.7 Å². The van der Waals surface area contributed by atoms with E-state index < -0.39 is 16.1 Å². The summed E-state index contributed by atoms with van der Waals surface area (Å²) < 4.78 is 26.7. The predicted octanol–water partition coefficient (Wildman–Crippen LogP) is 0.0745. The standard InChI is InChI=1S/C20H24N4O3S/c1-14(22-19-17-10-6-7-11-18(17)28(26,27)23-19)20(25)21-12-15-8-4-5-9-16(15)13-24(2)3/h4-11,14H,12-13H2,1-3H3,(H,21,25)(H,22,23)/p+1/t14-/m0/s1. The molecule has 1 atom stereocenters. The van der Waals surface area contributed by atoms with E-state index in [0.717, 1.165) is 12.1 Å². The molecule has 8 heteroatoms. The van der Waals surface area contributed by atoms with Crippen molar-refractivity contribution in [2.24, 2.45) is 4.99 Å². The minimum atomic E-state index is -3.61. The number of aliphatic imine (C=N–C) groups is 1. The smallest absolute Gasteiger partial charge is 0.263 e. The molecule has 0 bridgehead atoms. The lowest BCUT2D eigenvalue weighted by molar-refractivity contribution is -0.872. The van der Waals surface area contributed by atoms with Crippen molar-refractivity contribution in [3.8, 4) is 0 Å². The Kier molecular flexibility index (Phi) is 5.81. The third-order valence-electron chi connectivity index (χ3n) is 4.48. The maximum Gasteiger partial charge on any atom is 0.263 e. The highest BCUT2D eigenvalue weighted by Crippen LogP contribution is 2.22. The van der Waals surface area contributed by atoms with Crippen LogP contribution in [0.3, 0.4) is 0 Å². The molecule has 3 rings (SSSR count). The Morgan fingerprint density at radius 1 is 1.11 bits per heavy atom. The van der Waals surface area contributed by atoms with Gasteiger partial charge in [-0.15, -0.1) is 0 Å². The lowest BCUT2D eigenvalue weighted by atomic mass is 10.1. The summed E-state index contributed by atoms with van der Waals surface area (Å²) in [6, 6.07) is 13.9. The second-order valence-electron chi connectivity index (χ2n) is 7.13. The molecule has 2 aromatic carbocycles. The monoisotopic (exact) mass is 401 g/mol. The number of carbonyl (C=O) groups excluding carboxylic acids is 1. The molecule has 28 heavy (non-hydrogen) atoms. The Labute approximate surface area is 165 Å². The predicted molar refractivity (Wildman–Crippen MR) is 108 cm³/mol. The number of hydrogen-bond donors (Lipinski definition) is 3. The number of nitrogens with zero attached hydrogens (tertiary/aromatic N) is 1. The van der Waals surface area contributed by atoms with E-state index >= 15 is 0 Å². The number of sulfonamides is 1. The largest absolute Gasteiger partial charge is 0.350 e. The Balaban J connectivity index is 1.71. The number of hydrogen-bond acceptors (Lipinski definition) is 4. The summed E-state index contributed by atoms with van der Waals surface area (Å²) in [6.45, 7) is 2.91. The van der Waals surface area contributed by atoms with E-state index in [1.165, 1.54) is 16.5 Å². The molecule has 2 aromatic rings. The first-order valence-corrected chi connectivity index (χ1v) is 10.6. The minimum Gasteiger partial charge on any atom is -0.350 e. The van der Waals surface area contributed by atoms with Crippen molar-refractivity contribution in [3.05, 3.63) is 65.2 Å². The first-order valence-electron chi connectivity index (χ1n) is 9.11. The molecular formula is C20H25N4O3S+. The Bertz CT molecular complexity index is 1020. The second kappa shape index (κ2) is 8.12. The Morgan fingerprint density at radius 2 is 1.75 bits per heavy atom. The van der Waals surface area contributed by atoms with Crippen LogP contribution >= 0.6 is 0 Å². The zero-order valence-electron chi connectivity index (χ0n) is 16.2. The van der Waals surface area contributed by atoms with E-state index in [4.69, 9.17) is 0 Å². The highest BCUT2D eigenvalue weighted by atomic mass is 32.2. The van der Waals surface area contributed by atoms with Crippen LogP contribution in [-0.4, -0.2) is 40.3 Å². The normalized spacial score (nSPS) is 17.2. The minimum absolute atomic E-state index is 0.182. The van der Waals surface area contributed by atoms with Gasteiger partial charge in [-0.3, -0.25) is 14.5 Å². The molecule has 0 radical (unpaired) electrons. The molecule has 0 spiro atoms. The van der Waals surface area contributed by atoms with Crippen molar-refractivity contribution in [3.63, 3.8) is 0 Å². The van der Waals surface area contributed by atoms with Gasteiger partial charge in [0.25, 0.3) is 10.0 Å². The van der Waals surface area contributed by atoms with Crippen LogP contribution in [0.25, 0.3) is 0 Å². The van der Waals surface area contributed by atoms with Gasteiger partial charge >= 0.3 is 0 Å². The summed E-state index contributed by atoms with van der Waals surface area (Å²) >= 11 is 0. The molecule has 0 aromatic heterocycles. The van der Waals surface area contributed by atoms with Crippen LogP contribution in [0, 0.1) is 0 Å². The van der Waals surface area contributed by atoms with Crippen LogP contribution in [0.1, 0.15) is 23.6 Å². The van der Waals surface area contributed by atoms with Crippen LogP contribution in [-0.2, 0) is 27.9 Å². The summed E-state index contributed by atoms with van der Waals surface area (Å²) in [5, 5.41) is 2.90. The quantitative estimate of drug-likeness (QED) is 0.640. The fraction of sp³-hybridized carbons (Fsp3) is 0.300. The summed E-state index contributed by atoms with van der Waals surface area (Å²) in [5.41, 5.74) is 2.73. The highest BCUT2D eigenvalue weighted by molar-refractivity contribution is 7.90. The molecule has 0 unspecified atom stereocenters. The van der Waals surface area contributed by atoms with Crippen LogP contribution in [0.4, 0.5) is 0 Å². The number of benzene rings is 2. The lowest BCUT2D eigenvalue weighted by Crippen LogP contribution is -3.04. The molecule has 7 nitrogen and oxygen atoms in total. The van der Waals surface area contributed by atoms with Gasteiger partial charge in [0.2, 0.25) is 5.91 Å². The number of fused-ring (bicyclic) bond motifs is 1. The van der Waals surface area contributed by atoms with Gasteiger partial charge < -0.3 is 10.2 Å². The van der Waals surface area contributed by atoms with Crippen LogP contribution < -0.4 is 14.9 Å². The molecule has 1 aliphatic rings. The van der Waals surface area contributed by atoms with E-state index in [1.54, 1.807) is 25.1 Å². The molecule has 0 fully saturated rings. The van der Waals surface area contributed by atoms with Gasteiger partial charge in [-0.2, -0.15) is 0 Å². The third-order valence-corrected chi connectivity index (χ3v) is 5.88. The van der Waals surface area contributed by atoms with Gasteiger partial charge in [-0.1, -0.05) is 36.4 Å². The van der Waals surface area contributed by atoms with Crippen molar-refractivity contribution >= 4 is 21.8 Å². The fourth-order valence-electron chi connectivity index (χ4n) is 3.10. The molecule has 148 valence electrons. The number of quaternary nitrogens is 1. The molecule has 0 saturated carbocycles. The molecule has 1 amide bonds. The molecule has 0 aliphatic carbocycles. The first-order chi connectivity index (χ1) is 13.3. The zero-order chi connectivity index (χ0) is 20.3. The highest BCUT2D eigenvalue weighted by Gasteiger charge is 2.31. The van der Waals surface area contributed by atoms with E-state index in [1.807, 2.05) is 18.2 Å². The van der Waals surface area contributed by atoms with Crippen molar-refractivity contribution in [1.29, 1.82) is 0 Å². The van der Waals surface area contributed by atoms with Crippen LogP contribution in [0.15, 0.2) is 58.4 Å². The van der Waals surface area contributed by atoms with Gasteiger partial charge in [0.05, 0.1) is 19.0 Å². The average Bonchev–Trinajstić information content (AvgIpc) is 2.91. The van der Waals surface area contributed by atoms with Gasteiger partial charge in [0.1, 0.15) is 18.4 Å². The number of nitrogens with one attached hydrogen (secondary N) is 3. The summed E-state index contributed by atoms with van der Waals surface area (Å²) in [4.78, 5) is 18.3. The summed E-state index contributed by atoms with van der Waals surface area (Å²) in [6.07, 6.45) is 0. The summed E-state index contributed by atoms with van der Waals surface area (Å²) in [5.74, 6) is -0.0575. The van der Waals surface area contributed by atoms with E-state index in [2.05, 4.69) is 35.2 Å². The first kappa shape index (κ1) is 20.0. The molecule has 1 aliphatic heterocycles.